The number of hydrogen-bond donors (Lipinski definition) is 1. The molecule has 0 amide bonds. The van der Waals surface area contributed by atoms with Crippen LogP contribution in [0.15, 0.2) is 29.7 Å². The lowest BCUT2D eigenvalue weighted by molar-refractivity contribution is 0.350. The Morgan fingerprint density at radius 2 is 2.00 bits per heavy atom. The predicted octanol–water partition coefficient (Wildman–Crippen LogP) is 2.05. The van der Waals surface area contributed by atoms with E-state index < -0.39 is 0 Å². The van der Waals surface area contributed by atoms with Gasteiger partial charge in [-0.25, -0.2) is 15.0 Å². The Morgan fingerprint density at radius 3 is 2.80 bits per heavy atom. The molecule has 0 bridgehead atoms. The van der Waals surface area contributed by atoms with E-state index in [0.29, 0.717) is 5.92 Å². The average molecular weight is 338 g/mol. The van der Waals surface area contributed by atoms with E-state index in [2.05, 4.69) is 24.8 Å². The van der Waals surface area contributed by atoms with Crippen molar-refractivity contribution < 1.29 is 0 Å². The normalized spacial score (nSPS) is 15.8. The van der Waals surface area contributed by atoms with Crippen LogP contribution in [-0.2, 0) is 6.54 Å². The lowest BCUT2D eigenvalue weighted by Gasteiger charge is -2.33. The summed E-state index contributed by atoms with van der Waals surface area (Å²) < 4.78 is 1.76. The van der Waals surface area contributed by atoms with Crippen molar-refractivity contribution in [2.75, 3.05) is 18.0 Å². The number of aryl methyl sites for hydroxylation is 1. The average Bonchev–Trinajstić information content (AvgIpc) is 3.12. The van der Waals surface area contributed by atoms with Gasteiger partial charge in [-0.2, -0.15) is 0 Å². The largest absolute Gasteiger partial charge is 0.356 e. The number of fused-ring (bicyclic) bond motifs is 1. The molecule has 0 spiro atoms. The van der Waals surface area contributed by atoms with E-state index in [-0.39, 0.29) is 5.56 Å². The number of aromatic amines is 1. The third-order valence-corrected chi connectivity index (χ3v) is 5.22. The van der Waals surface area contributed by atoms with Gasteiger partial charge in [-0.3, -0.25) is 9.36 Å². The summed E-state index contributed by atoms with van der Waals surface area (Å²) in [4.78, 5) is 30.9. The van der Waals surface area contributed by atoms with E-state index in [4.69, 9.17) is 0 Å². The van der Waals surface area contributed by atoms with Gasteiger partial charge in [-0.15, -0.1) is 0 Å². The van der Waals surface area contributed by atoms with Gasteiger partial charge in [0.15, 0.2) is 0 Å². The van der Waals surface area contributed by atoms with Crippen molar-refractivity contribution in [3.05, 3.63) is 46.5 Å². The van der Waals surface area contributed by atoms with E-state index in [1.165, 1.54) is 0 Å². The Bertz CT molecular complexity index is 952. The van der Waals surface area contributed by atoms with Crippen LogP contribution >= 0.6 is 0 Å². The molecule has 0 atom stereocenters. The minimum absolute atomic E-state index is 0.0831. The van der Waals surface area contributed by atoms with Crippen LogP contribution in [-0.4, -0.2) is 37.6 Å². The second kappa shape index (κ2) is 6.31. The van der Waals surface area contributed by atoms with Crippen molar-refractivity contribution in [1.29, 1.82) is 0 Å². The number of piperidine rings is 1. The first kappa shape index (κ1) is 15.8. The Balaban J connectivity index is 1.46. The molecule has 1 saturated heterocycles. The molecule has 0 radical (unpaired) electrons. The van der Waals surface area contributed by atoms with Gasteiger partial charge in [0.2, 0.25) is 0 Å². The highest BCUT2D eigenvalue weighted by Crippen LogP contribution is 2.27. The van der Waals surface area contributed by atoms with Crippen molar-refractivity contribution >= 4 is 16.9 Å². The Kier molecular flexibility index (Phi) is 3.99. The van der Waals surface area contributed by atoms with Crippen molar-refractivity contribution in [1.82, 2.24) is 24.5 Å². The van der Waals surface area contributed by atoms with Gasteiger partial charge >= 0.3 is 0 Å². The first-order valence-electron chi connectivity index (χ1n) is 8.69. The minimum Gasteiger partial charge on any atom is -0.356 e. The first-order valence-corrected chi connectivity index (χ1v) is 8.69. The SMILES string of the molecule is Cc1ncn(CC2CCN(c3ncnc4[nH]ccc34)CC2)c(=O)c1C. The molecule has 7 heteroatoms. The molecule has 1 fully saturated rings. The van der Waals surface area contributed by atoms with Crippen molar-refractivity contribution in [2.45, 2.75) is 33.2 Å². The minimum atomic E-state index is 0.0831. The van der Waals surface area contributed by atoms with Crippen molar-refractivity contribution in [3.63, 3.8) is 0 Å². The fraction of sp³-hybridized carbons (Fsp3) is 0.444. The number of anilines is 1. The lowest BCUT2D eigenvalue weighted by atomic mass is 9.96. The number of hydrogen-bond acceptors (Lipinski definition) is 5. The van der Waals surface area contributed by atoms with Crippen LogP contribution < -0.4 is 10.5 Å². The molecule has 25 heavy (non-hydrogen) atoms. The van der Waals surface area contributed by atoms with Crippen LogP contribution in [0.3, 0.4) is 0 Å². The van der Waals surface area contributed by atoms with Crippen LogP contribution in [0, 0.1) is 19.8 Å². The molecule has 7 nitrogen and oxygen atoms in total. The van der Waals surface area contributed by atoms with Gasteiger partial charge in [0.05, 0.1) is 11.7 Å². The van der Waals surface area contributed by atoms with Crippen LogP contribution in [0.25, 0.3) is 11.0 Å². The summed E-state index contributed by atoms with van der Waals surface area (Å²) in [6.07, 6.45) is 7.27. The predicted molar refractivity (Wildman–Crippen MR) is 96.8 cm³/mol. The summed E-state index contributed by atoms with van der Waals surface area (Å²) in [6, 6.07) is 2.02. The molecule has 1 aliphatic heterocycles. The van der Waals surface area contributed by atoms with Crippen LogP contribution in [0.1, 0.15) is 24.1 Å². The monoisotopic (exact) mass is 338 g/mol. The third kappa shape index (κ3) is 2.90. The second-order valence-corrected chi connectivity index (χ2v) is 6.78. The van der Waals surface area contributed by atoms with E-state index in [9.17, 15) is 4.79 Å². The maximum atomic E-state index is 12.4. The summed E-state index contributed by atoms with van der Waals surface area (Å²) in [5.74, 6) is 1.48. The number of nitrogens with zero attached hydrogens (tertiary/aromatic N) is 5. The highest BCUT2D eigenvalue weighted by molar-refractivity contribution is 5.87. The Hall–Kier alpha value is -2.70. The Morgan fingerprint density at radius 1 is 1.20 bits per heavy atom. The van der Waals surface area contributed by atoms with E-state index in [0.717, 1.165) is 60.6 Å². The highest BCUT2D eigenvalue weighted by atomic mass is 16.1. The summed E-state index contributed by atoms with van der Waals surface area (Å²) in [5.41, 5.74) is 2.52. The molecular weight excluding hydrogens is 316 g/mol. The van der Waals surface area contributed by atoms with Gasteiger partial charge in [0.1, 0.15) is 17.8 Å². The fourth-order valence-corrected chi connectivity index (χ4v) is 3.52. The molecule has 3 aromatic heterocycles. The number of rotatable bonds is 3. The topological polar surface area (TPSA) is 79.7 Å². The van der Waals surface area contributed by atoms with E-state index in [1.807, 2.05) is 26.1 Å². The fourth-order valence-electron chi connectivity index (χ4n) is 3.52. The van der Waals surface area contributed by atoms with Gasteiger partial charge in [0, 0.05) is 37.1 Å². The molecule has 1 N–H and O–H groups in total. The zero-order valence-corrected chi connectivity index (χ0v) is 14.6. The van der Waals surface area contributed by atoms with Crippen LogP contribution in [0.4, 0.5) is 5.82 Å². The summed E-state index contributed by atoms with van der Waals surface area (Å²) >= 11 is 0. The number of aromatic nitrogens is 5. The van der Waals surface area contributed by atoms with Gasteiger partial charge in [-0.1, -0.05) is 0 Å². The molecule has 3 aromatic rings. The Labute approximate surface area is 145 Å². The molecule has 130 valence electrons. The summed E-state index contributed by atoms with van der Waals surface area (Å²) in [7, 11) is 0. The van der Waals surface area contributed by atoms with Crippen LogP contribution in [0.2, 0.25) is 0 Å². The molecule has 1 aliphatic rings. The molecule has 4 rings (SSSR count). The quantitative estimate of drug-likeness (QED) is 0.790. The zero-order valence-electron chi connectivity index (χ0n) is 14.6. The zero-order chi connectivity index (χ0) is 17.4. The second-order valence-electron chi connectivity index (χ2n) is 6.78. The molecule has 0 unspecified atom stereocenters. The standard InChI is InChI=1S/C18H22N6O/c1-12-13(2)22-11-24(18(12)25)9-14-4-7-23(8-5-14)17-15-3-6-19-16(15)20-10-21-17/h3,6,10-11,14H,4-5,7-9H2,1-2H3,(H,19,20,21). The third-order valence-electron chi connectivity index (χ3n) is 5.22. The first-order chi connectivity index (χ1) is 12.1. The summed E-state index contributed by atoms with van der Waals surface area (Å²) in [5, 5.41) is 1.07. The van der Waals surface area contributed by atoms with Crippen molar-refractivity contribution in [2.24, 2.45) is 5.92 Å². The van der Waals surface area contributed by atoms with E-state index in [1.54, 1.807) is 17.2 Å². The molecule has 0 aliphatic carbocycles. The molecule has 4 heterocycles. The van der Waals surface area contributed by atoms with Gasteiger partial charge in [-0.05, 0) is 38.7 Å². The van der Waals surface area contributed by atoms with E-state index >= 15 is 0 Å². The molecule has 0 saturated carbocycles. The highest BCUT2D eigenvalue weighted by Gasteiger charge is 2.22. The molecule has 0 aromatic carbocycles. The number of nitrogens with one attached hydrogen (secondary N) is 1. The maximum Gasteiger partial charge on any atom is 0.256 e. The van der Waals surface area contributed by atoms with Crippen LogP contribution in [0.5, 0.6) is 0 Å². The number of H-pyrrole nitrogens is 1. The maximum absolute atomic E-state index is 12.4. The smallest absolute Gasteiger partial charge is 0.256 e. The lowest BCUT2D eigenvalue weighted by Crippen LogP contribution is -2.37. The molecular formula is C18H22N6O. The van der Waals surface area contributed by atoms with Gasteiger partial charge in [0.25, 0.3) is 5.56 Å². The van der Waals surface area contributed by atoms with Gasteiger partial charge < -0.3 is 9.88 Å². The summed E-state index contributed by atoms with van der Waals surface area (Å²) in [6.45, 7) is 6.35. The van der Waals surface area contributed by atoms with Crippen molar-refractivity contribution in [3.8, 4) is 0 Å².